The molecular weight excluding hydrogens is 332 g/mol. The molecule has 2 heterocycles. The number of rotatable bonds is 5. The maximum Gasteiger partial charge on any atom is 0.187 e. The van der Waals surface area contributed by atoms with Crippen molar-refractivity contribution in [1.82, 2.24) is 0 Å². The Bertz CT molecular complexity index is 392. The van der Waals surface area contributed by atoms with Gasteiger partial charge in [0.2, 0.25) is 0 Å². The molecule has 0 saturated carbocycles. The average molecular weight is 356 g/mol. The van der Waals surface area contributed by atoms with Gasteiger partial charge in [0.05, 0.1) is 19.8 Å². The molecule has 0 amide bonds. The highest BCUT2D eigenvalue weighted by atomic mass is 16.7. The summed E-state index contributed by atoms with van der Waals surface area (Å²) in [6.07, 6.45) is -14.5. The molecule has 0 aromatic heterocycles. The third-order valence-corrected chi connectivity index (χ3v) is 4.28. The van der Waals surface area contributed by atoms with E-state index in [1.165, 1.54) is 0 Å². The molecule has 2 aliphatic heterocycles. The third-order valence-electron chi connectivity index (χ3n) is 4.28. The van der Waals surface area contributed by atoms with Crippen LogP contribution in [0.3, 0.4) is 0 Å². The summed E-state index contributed by atoms with van der Waals surface area (Å²) in [5.74, 6) is 0. The molecule has 0 aliphatic carbocycles. The molecule has 11 heteroatoms. The van der Waals surface area contributed by atoms with Gasteiger partial charge in [-0.25, -0.2) is 0 Å². The predicted molar refractivity (Wildman–Crippen MR) is 73.5 cm³/mol. The van der Waals surface area contributed by atoms with E-state index in [1.807, 2.05) is 0 Å². The lowest BCUT2D eigenvalue weighted by molar-refractivity contribution is -0.343. The second-order valence-electron chi connectivity index (χ2n) is 5.86. The van der Waals surface area contributed by atoms with Crippen LogP contribution in [0.1, 0.15) is 0 Å². The molecule has 6 unspecified atom stereocenters. The Morgan fingerprint density at radius 1 is 0.583 bits per heavy atom. The van der Waals surface area contributed by atoms with Crippen LogP contribution < -0.4 is 0 Å². The molecule has 10 atom stereocenters. The second kappa shape index (κ2) is 8.29. The smallest absolute Gasteiger partial charge is 0.187 e. The molecular formula is C13H24O11. The van der Waals surface area contributed by atoms with Crippen LogP contribution in [0.25, 0.3) is 0 Å². The van der Waals surface area contributed by atoms with E-state index in [0.717, 1.165) is 0 Å². The highest BCUT2D eigenvalue weighted by Gasteiger charge is 2.50. The molecule has 2 aliphatic rings. The molecule has 0 aromatic carbocycles. The zero-order chi connectivity index (χ0) is 18.0. The van der Waals surface area contributed by atoms with Crippen molar-refractivity contribution in [3.8, 4) is 0 Å². The van der Waals surface area contributed by atoms with Gasteiger partial charge >= 0.3 is 0 Å². The van der Waals surface area contributed by atoms with Crippen LogP contribution in [0.2, 0.25) is 0 Å². The van der Waals surface area contributed by atoms with E-state index in [2.05, 4.69) is 0 Å². The zero-order valence-electron chi connectivity index (χ0n) is 12.7. The summed E-state index contributed by atoms with van der Waals surface area (Å²) in [5, 5.41) is 77.0. The topological polar surface area (TPSA) is 190 Å². The van der Waals surface area contributed by atoms with Gasteiger partial charge in [-0.05, 0) is 0 Å². The Kier molecular flexibility index (Phi) is 6.87. The van der Waals surface area contributed by atoms with E-state index in [1.54, 1.807) is 0 Å². The van der Waals surface area contributed by atoms with E-state index in [9.17, 15) is 30.6 Å². The van der Waals surface area contributed by atoms with Gasteiger partial charge in [-0.1, -0.05) is 0 Å². The molecule has 8 N–H and O–H groups in total. The summed E-state index contributed by atoms with van der Waals surface area (Å²) < 4.78 is 15.7. The fourth-order valence-electron chi connectivity index (χ4n) is 2.82. The summed E-state index contributed by atoms with van der Waals surface area (Å²) in [5.41, 5.74) is 0. The fraction of sp³-hybridized carbons (Fsp3) is 1.00. The van der Waals surface area contributed by atoms with E-state index < -0.39 is 81.0 Å². The van der Waals surface area contributed by atoms with E-state index >= 15 is 0 Å². The number of aliphatic hydroxyl groups excluding tert-OH is 8. The predicted octanol–water partition coefficient (Wildman–Crippen LogP) is -5.35. The van der Waals surface area contributed by atoms with Gasteiger partial charge in [0.1, 0.15) is 54.9 Å². The average Bonchev–Trinajstić information content (AvgIpc) is 2.59. The number of ether oxygens (including phenoxy) is 3. The molecule has 0 bridgehead atoms. The first-order chi connectivity index (χ1) is 11.3. The standard InChI is InChI=1S/C13H24O11/c14-1-4-8(18)10(20)12(6(3-16)22-4)24-13-11(21)9(19)7(17)5(2-15)23-13/h4-21H,1-3H2/t4?,5?,6?,7-,8+,9?,10?,11-,12+,13?/m0/s1. The van der Waals surface area contributed by atoms with Gasteiger partial charge in [-0.15, -0.1) is 0 Å². The summed E-state index contributed by atoms with van der Waals surface area (Å²) in [6, 6.07) is 0. The van der Waals surface area contributed by atoms with Gasteiger partial charge in [0.15, 0.2) is 6.29 Å². The lowest BCUT2D eigenvalue weighted by Crippen LogP contribution is -2.64. The van der Waals surface area contributed by atoms with Crippen LogP contribution in [0.5, 0.6) is 0 Å². The van der Waals surface area contributed by atoms with Gasteiger partial charge in [0, 0.05) is 0 Å². The lowest BCUT2D eigenvalue weighted by Gasteiger charge is -2.45. The van der Waals surface area contributed by atoms with Gasteiger partial charge in [-0.2, -0.15) is 0 Å². The molecule has 2 rings (SSSR count). The minimum Gasteiger partial charge on any atom is -0.394 e. The molecule has 11 nitrogen and oxygen atoms in total. The van der Waals surface area contributed by atoms with Crippen LogP contribution in [-0.2, 0) is 14.2 Å². The Morgan fingerprint density at radius 3 is 1.62 bits per heavy atom. The van der Waals surface area contributed by atoms with Gasteiger partial charge in [-0.3, -0.25) is 0 Å². The second-order valence-corrected chi connectivity index (χ2v) is 5.86. The largest absolute Gasteiger partial charge is 0.394 e. The van der Waals surface area contributed by atoms with E-state index in [4.69, 9.17) is 24.4 Å². The van der Waals surface area contributed by atoms with Crippen LogP contribution in [0.15, 0.2) is 0 Å². The molecule has 0 radical (unpaired) electrons. The molecule has 2 fully saturated rings. The monoisotopic (exact) mass is 356 g/mol. The Hall–Kier alpha value is -0.440. The highest BCUT2D eigenvalue weighted by Crippen LogP contribution is 2.28. The number of hydrogen-bond donors (Lipinski definition) is 8. The van der Waals surface area contributed by atoms with Crippen LogP contribution >= 0.6 is 0 Å². The van der Waals surface area contributed by atoms with E-state index in [0.29, 0.717) is 0 Å². The normalized spacial score (nSPS) is 50.0. The quantitative estimate of drug-likeness (QED) is 0.235. The SMILES string of the molecule is OCC1OC(CO)[C@@H](OC2OC(CO)[C@H](O)C(O)[C@@H]2O)C(O)[C@@H]1O. The van der Waals surface area contributed by atoms with Crippen molar-refractivity contribution < 1.29 is 55.1 Å². The Morgan fingerprint density at radius 2 is 1.08 bits per heavy atom. The first-order valence-electron chi connectivity index (χ1n) is 7.55. The maximum absolute atomic E-state index is 10.1. The zero-order valence-corrected chi connectivity index (χ0v) is 12.7. The molecule has 142 valence electrons. The minimum atomic E-state index is -1.71. The summed E-state index contributed by atoms with van der Waals surface area (Å²) in [4.78, 5) is 0. The molecule has 2 saturated heterocycles. The van der Waals surface area contributed by atoms with Crippen LogP contribution in [-0.4, -0.2) is 122 Å². The van der Waals surface area contributed by atoms with Crippen molar-refractivity contribution in [2.45, 2.75) is 61.2 Å². The van der Waals surface area contributed by atoms with Crippen molar-refractivity contribution in [1.29, 1.82) is 0 Å². The van der Waals surface area contributed by atoms with Gasteiger partial charge in [0.25, 0.3) is 0 Å². The lowest BCUT2D eigenvalue weighted by atomic mass is 9.94. The highest BCUT2D eigenvalue weighted by molar-refractivity contribution is 4.95. The van der Waals surface area contributed by atoms with Crippen molar-refractivity contribution in [3.05, 3.63) is 0 Å². The fourth-order valence-corrected chi connectivity index (χ4v) is 2.82. The van der Waals surface area contributed by atoms with Crippen molar-refractivity contribution in [2.24, 2.45) is 0 Å². The van der Waals surface area contributed by atoms with Gasteiger partial charge < -0.3 is 55.1 Å². The van der Waals surface area contributed by atoms with E-state index in [-0.39, 0.29) is 0 Å². The van der Waals surface area contributed by atoms with Crippen LogP contribution in [0, 0.1) is 0 Å². The first-order valence-corrected chi connectivity index (χ1v) is 7.55. The summed E-state index contributed by atoms with van der Waals surface area (Å²) >= 11 is 0. The Balaban J connectivity index is 2.12. The minimum absolute atomic E-state index is 0.596. The first kappa shape index (κ1) is 19.9. The van der Waals surface area contributed by atoms with Crippen molar-refractivity contribution >= 4 is 0 Å². The molecule has 24 heavy (non-hydrogen) atoms. The van der Waals surface area contributed by atoms with Crippen LogP contribution in [0.4, 0.5) is 0 Å². The maximum atomic E-state index is 10.1. The molecule has 0 spiro atoms. The third kappa shape index (κ3) is 3.71. The molecule has 0 aromatic rings. The number of hydrogen-bond acceptors (Lipinski definition) is 11. The Labute approximate surface area is 137 Å². The summed E-state index contributed by atoms with van der Waals surface area (Å²) in [7, 11) is 0. The summed E-state index contributed by atoms with van der Waals surface area (Å²) in [6.45, 7) is -1.88. The van der Waals surface area contributed by atoms with Crippen molar-refractivity contribution in [3.63, 3.8) is 0 Å². The van der Waals surface area contributed by atoms with Crippen molar-refractivity contribution in [2.75, 3.05) is 19.8 Å². The number of aliphatic hydroxyl groups is 8.